The van der Waals surface area contributed by atoms with Crippen LogP contribution in [0.3, 0.4) is 0 Å². The van der Waals surface area contributed by atoms with E-state index in [4.69, 9.17) is 16.3 Å². The lowest BCUT2D eigenvalue weighted by molar-refractivity contribution is -0.387. The minimum Gasteiger partial charge on any atom is -0.457 e. The van der Waals surface area contributed by atoms with Gasteiger partial charge in [-0.1, -0.05) is 17.7 Å². The predicted octanol–water partition coefficient (Wildman–Crippen LogP) is 3.90. The van der Waals surface area contributed by atoms with Crippen LogP contribution in [-0.2, 0) is 6.54 Å². The summed E-state index contributed by atoms with van der Waals surface area (Å²) in [5, 5.41) is 14.1. The van der Waals surface area contributed by atoms with Gasteiger partial charge in [-0.25, -0.2) is 0 Å². The second-order valence-corrected chi connectivity index (χ2v) is 4.63. The molecule has 0 aliphatic heterocycles. The van der Waals surface area contributed by atoms with Gasteiger partial charge in [0.1, 0.15) is 11.5 Å². The number of halogens is 2. The monoisotopic (exact) mass is 310 g/mol. The molecule has 0 radical (unpaired) electrons. The van der Waals surface area contributed by atoms with Crippen molar-refractivity contribution in [1.29, 1.82) is 0 Å². The first-order valence-electron chi connectivity index (χ1n) is 6.06. The number of ether oxygens (including phenoxy) is 1. The molecule has 2 aromatic rings. The first-order chi connectivity index (χ1) is 10.0. The average molecular weight is 311 g/mol. The second kappa shape index (κ2) is 6.51. The van der Waals surface area contributed by atoms with Crippen molar-refractivity contribution in [2.45, 2.75) is 6.54 Å². The molecule has 7 heteroatoms. The molecule has 0 amide bonds. The number of hydrogen-bond acceptors (Lipinski definition) is 4. The van der Waals surface area contributed by atoms with Gasteiger partial charge in [-0.05, 0) is 25.2 Å². The molecule has 1 N–H and O–H groups in total. The van der Waals surface area contributed by atoms with Crippen molar-refractivity contribution < 1.29 is 14.1 Å². The van der Waals surface area contributed by atoms with E-state index in [1.54, 1.807) is 25.2 Å². The lowest BCUT2D eigenvalue weighted by Gasteiger charge is -2.12. The van der Waals surface area contributed by atoms with Gasteiger partial charge in [-0.3, -0.25) is 10.1 Å². The zero-order valence-corrected chi connectivity index (χ0v) is 11.9. The van der Waals surface area contributed by atoms with Crippen molar-refractivity contribution in [2.24, 2.45) is 0 Å². The van der Waals surface area contributed by atoms with E-state index in [2.05, 4.69) is 5.32 Å². The van der Waals surface area contributed by atoms with E-state index in [1.807, 2.05) is 0 Å². The number of nitro benzene ring substituents is 1. The zero-order chi connectivity index (χ0) is 15.4. The van der Waals surface area contributed by atoms with Crippen LogP contribution in [0.2, 0.25) is 5.02 Å². The normalized spacial score (nSPS) is 10.4. The molecule has 0 heterocycles. The van der Waals surface area contributed by atoms with Crippen molar-refractivity contribution >= 4 is 17.3 Å². The number of hydrogen-bond donors (Lipinski definition) is 1. The quantitative estimate of drug-likeness (QED) is 0.672. The van der Waals surface area contributed by atoms with Gasteiger partial charge in [0.25, 0.3) is 0 Å². The van der Waals surface area contributed by atoms with Gasteiger partial charge in [-0.15, -0.1) is 0 Å². The molecule has 0 fully saturated rings. The topological polar surface area (TPSA) is 64.4 Å². The fourth-order valence-corrected chi connectivity index (χ4v) is 2.04. The Labute approximate surface area is 125 Å². The van der Waals surface area contributed by atoms with Crippen molar-refractivity contribution in [3.05, 3.63) is 62.9 Å². The maximum Gasteiger partial charge on any atom is 0.305 e. The standard InChI is InChI=1S/C14H12ClFN2O3/c1-17-8-10-11(15)3-2-4-14(10)21-9-5-6-13(18(19)20)12(16)7-9/h2-7,17H,8H2,1H3. The van der Waals surface area contributed by atoms with Crippen LogP contribution in [0, 0.1) is 15.9 Å². The van der Waals surface area contributed by atoms with Gasteiger partial charge in [0, 0.05) is 29.3 Å². The highest BCUT2D eigenvalue weighted by Crippen LogP contribution is 2.32. The SMILES string of the molecule is CNCc1c(Cl)cccc1Oc1ccc([N+](=O)[O-])c(F)c1. The summed E-state index contributed by atoms with van der Waals surface area (Å²) < 4.78 is 19.1. The Morgan fingerprint density at radius 3 is 2.76 bits per heavy atom. The van der Waals surface area contributed by atoms with Crippen molar-refractivity contribution in [2.75, 3.05) is 7.05 Å². The number of nitrogens with zero attached hydrogens (tertiary/aromatic N) is 1. The number of nitro groups is 1. The van der Waals surface area contributed by atoms with E-state index in [0.29, 0.717) is 17.3 Å². The second-order valence-electron chi connectivity index (χ2n) is 4.22. The third kappa shape index (κ3) is 3.48. The summed E-state index contributed by atoms with van der Waals surface area (Å²) in [5.41, 5.74) is 0.129. The molecule has 0 saturated carbocycles. The van der Waals surface area contributed by atoms with Gasteiger partial charge >= 0.3 is 5.69 Å². The summed E-state index contributed by atoms with van der Waals surface area (Å²) in [5.74, 6) is -0.322. The van der Waals surface area contributed by atoms with Gasteiger partial charge in [-0.2, -0.15) is 4.39 Å². The molecule has 0 aliphatic carbocycles. The largest absolute Gasteiger partial charge is 0.457 e. The molecular weight excluding hydrogens is 299 g/mol. The van der Waals surface area contributed by atoms with E-state index in [0.717, 1.165) is 17.7 Å². The van der Waals surface area contributed by atoms with Gasteiger partial charge in [0.05, 0.1) is 4.92 Å². The lowest BCUT2D eigenvalue weighted by Crippen LogP contribution is -2.07. The summed E-state index contributed by atoms with van der Waals surface area (Å²) in [7, 11) is 1.76. The zero-order valence-electron chi connectivity index (χ0n) is 11.1. The molecule has 0 aliphatic rings. The molecule has 0 bridgehead atoms. The van der Waals surface area contributed by atoms with E-state index in [9.17, 15) is 14.5 Å². The Morgan fingerprint density at radius 2 is 2.14 bits per heavy atom. The minimum absolute atomic E-state index is 0.165. The number of rotatable bonds is 5. The lowest BCUT2D eigenvalue weighted by atomic mass is 10.2. The number of benzene rings is 2. The molecule has 110 valence electrons. The predicted molar refractivity (Wildman–Crippen MR) is 77.3 cm³/mol. The highest BCUT2D eigenvalue weighted by molar-refractivity contribution is 6.31. The minimum atomic E-state index is -0.949. The first kappa shape index (κ1) is 15.2. The maximum atomic E-state index is 13.6. The van der Waals surface area contributed by atoms with Crippen LogP contribution in [-0.4, -0.2) is 12.0 Å². The fourth-order valence-electron chi connectivity index (χ4n) is 1.81. The molecule has 0 aromatic heterocycles. The molecule has 21 heavy (non-hydrogen) atoms. The molecule has 0 unspecified atom stereocenters. The molecule has 0 saturated heterocycles. The van der Waals surface area contributed by atoms with Crippen LogP contribution in [0.25, 0.3) is 0 Å². The van der Waals surface area contributed by atoms with Crippen LogP contribution in [0.15, 0.2) is 36.4 Å². The van der Waals surface area contributed by atoms with Crippen LogP contribution in [0.1, 0.15) is 5.56 Å². The Morgan fingerprint density at radius 1 is 1.38 bits per heavy atom. The summed E-state index contributed by atoms with van der Waals surface area (Å²) in [6, 6.07) is 8.49. The highest BCUT2D eigenvalue weighted by Gasteiger charge is 2.15. The fraction of sp³-hybridized carbons (Fsp3) is 0.143. The van der Waals surface area contributed by atoms with Gasteiger partial charge < -0.3 is 10.1 Å². The summed E-state index contributed by atoms with van der Waals surface area (Å²) in [6.07, 6.45) is 0. The Hall–Kier alpha value is -2.18. The van der Waals surface area contributed by atoms with Crippen LogP contribution < -0.4 is 10.1 Å². The van der Waals surface area contributed by atoms with Crippen molar-refractivity contribution in [3.8, 4) is 11.5 Å². The van der Waals surface area contributed by atoms with E-state index < -0.39 is 16.4 Å². The number of nitrogens with one attached hydrogen (secondary N) is 1. The van der Waals surface area contributed by atoms with Crippen LogP contribution in [0.5, 0.6) is 11.5 Å². The summed E-state index contributed by atoms with van der Waals surface area (Å²) in [6.45, 7) is 0.477. The highest BCUT2D eigenvalue weighted by atomic mass is 35.5. The molecular formula is C14H12ClFN2O3. The Kier molecular flexibility index (Phi) is 4.72. The van der Waals surface area contributed by atoms with Crippen molar-refractivity contribution in [1.82, 2.24) is 5.32 Å². The molecule has 2 rings (SSSR count). The molecule has 0 atom stereocenters. The Balaban J connectivity index is 2.32. The summed E-state index contributed by atoms with van der Waals surface area (Å²) in [4.78, 5) is 9.79. The van der Waals surface area contributed by atoms with Crippen molar-refractivity contribution in [3.63, 3.8) is 0 Å². The Bertz CT molecular complexity index is 679. The third-order valence-electron chi connectivity index (χ3n) is 2.77. The smallest absolute Gasteiger partial charge is 0.305 e. The molecule has 5 nitrogen and oxygen atoms in total. The van der Waals surface area contributed by atoms with Crippen LogP contribution >= 0.6 is 11.6 Å². The van der Waals surface area contributed by atoms with E-state index in [-0.39, 0.29) is 5.75 Å². The molecule has 0 spiro atoms. The first-order valence-corrected chi connectivity index (χ1v) is 6.44. The van der Waals surface area contributed by atoms with E-state index >= 15 is 0 Å². The average Bonchev–Trinajstić information content (AvgIpc) is 2.42. The molecule has 2 aromatic carbocycles. The van der Waals surface area contributed by atoms with E-state index in [1.165, 1.54) is 6.07 Å². The third-order valence-corrected chi connectivity index (χ3v) is 3.13. The van der Waals surface area contributed by atoms with Crippen LogP contribution in [0.4, 0.5) is 10.1 Å². The van der Waals surface area contributed by atoms with Gasteiger partial charge in [0.2, 0.25) is 5.82 Å². The maximum absolute atomic E-state index is 13.6. The van der Waals surface area contributed by atoms with Gasteiger partial charge in [0.15, 0.2) is 0 Å². The summed E-state index contributed by atoms with van der Waals surface area (Å²) >= 11 is 6.09.